The minimum Gasteiger partial charge on any atom is -0.380 e. The average molecular weight is 473 g/mol. The van der Waals surface area contributed by atoms with Crippen LogP contribution >= 0.6 is 11.6 Å². The van der Waals surface area contributed by atoms with E-state index in [1.165, 1.54) is 10.6 Å². The zero-order valence-electron chi connectivity index (χ0n) is 19.4. The number of nitrogens with one attached hydrogen (secondary N) is 1. The van der Waals surface area contributed by atoms with Crippen LogP contribution in [0.2, 0.25) is 5.02 Å². The molecule has 0 bridgehead atoms. The highest BCUT2D eigenvalue weighted by Gasteiger charge is 2.45. The second-order valence-electron chi connectivity index (χ2n) is 10.1. The lowest BCUT2D eigenvalue weighted by Crippen LogP contribution is -2.46. The first kappa shape index (κ1) is 23.4. The molecule has 2 aromatic rings. The Kier molecular flexibility index (Phi) is 6.09. The van der Waals surface area contributed by atoms with Gasteiger partial charge in [-0.3, -0.25) is 19.0 Å². The third-order valence-electron chi connectivity index (χ3n) is 6.29. The number of hydrogen-bond donors (Lipinski definition) is 1. The topological polar surface area (TPSA) is 93.5 Å². The fourth-order valence-corrected chi connectivity index (χ4v) is 4.29. The van der Waals surface area contributed by atoms with Gasteiger partial charge in [0.25, 0.3) is 5.56 Å². The Balaban J connectivity index is 1.58. The van der Waals surface area contributed by atoms with Crippen LogP contribution in [0.1, 0.15) is 33.0 Å². The molecule has 4 rings (SSSR count). The lowest BCUT2D eigenvalue weighted by atomic mass is 9.85. The number of carbonyl (C=O) groups is 2. The van der Waals surface area contributed by atoms with Crippen LogP contribution in [0.15, 0.2) is 29.1 Å². The van der Waals surface area contributed by atoms with E-state index in [0.717, 1.165) is 6.42 Å². The van der Waals surface area contributed by atoms with Crippen LogP contribution in [0, 0.1) is 17.8 Å². The third kappa shape index (κ3) is 4.82. The number of amides is 2. The molecule has 2 saturated heterocycles. The second kappa shape index (κ2) is 8.57. The summed E-state index contributed by atoms with van der Waals surface area (Å²) < 4.78 is 6.71. The van der Waals surface area contributed by atoms with Crippen molar-refractivity contribution in [2.75, 3.05) is 31.6 Å². The predicted molar refractivity (Wildman–Crippen MR) is 126 cm³/mol. The molecule has 8 nitrogen and oxygen atoms in total. The van der Waals surface area contributed by atoms with Crippen LogP contribution in [0.25, 0.3) is 11.3 Å². The second-order valence-corrected chi connectivity index (χ2v) is 10.5. The number of halogens is 1. The third-order valence-corrected chi connectivity index (χ3v) is 6.52. The van der Waals surface area contributed by atoms with E-state index in [-0.39, 0.29) is 29.3 Å². The van der Waals surface area contributed by atoms with Gasteiger partial charge in [-0.2, -0.15) is 0 Å². The maximum Gasteiger partial charge on any atom is 0.254 e. The molecule has 1 spiro atoms. The first-order valence-electron chi connectivity index (χ1n) is 11.0. The Morgan fingerprint density at radius 3 is 2.55 bits per heavy atom. The SMILES string of the molecule is Cc1nc(-c2ccc(Cl)cc2NC(=O)C(C)(C)C)cc(=O)n1CC(=O)N1CCC2(COC2)C1. The molecule has 1 aromatic heterocycles. The average Bonchev–Trinajstić information content (AvgIpc) is 3.16. The van der Waals surface area contributed by atoms with Gasteiger partial charge in [0.2, 0.25) is 11.8 Å². The fraction of sp³-hybridized carbons (Fsp3) is 0.500. The van der Waals surface area contributed by atoms with Gasteiger partial charge >= 0.3 is 0 Å². The molecule has 0 unspecified atom stereocenters. The zero-order chi connectivity index (χ0) is 24.0. The summed E-state index contributed by atoms with van der Waals surface area (Å²) in [6.45, 7) is 9.84. The number of likely N-dealkylation sites (tertiary alicyclic amines) is 1. The molecule has 0 atom stereocenters. The van der Waals surface area contributed by atoms with E-state index in [4.69, 9.17) is 16.3 Å². The lowest BCUT2D eigenvalue weighted by molar-refractivity contribution is -0.135. The number of aryl methyl sites for hydroxylation is 1. The molecule has 2 aliphatic heterocycles. The Hall–Kier alpha value is -2.71. The fourth-order valence-electron chi connectivity index (χ4n) is 4.11. The Labute approximate surface area is 197 Å². The summed E-state index contributed by atoms with van der Waals surface area (Å²) >= 11 is 6.16. The van der Waals surface area contributed by atoms with Gasteiger partial charge < -0.3 is 15.0 Å². The van der Waals surface area contributed by atoms with Crippen LogP contribution in [0.5, 0.6) is 0 Å². The Morgan fingerprint density at radius 2 is 1.97 bits per heavy atom. The number of anilines is 1. The molecule has 2 aliphatic rings. The van der Waals surface area contributed by atoms with E-state index in [9.17, 15) is 14.4 Å². The van der Waals surface area contributed by atoms with E-state index in [0.29, 0.717) is 54.1 Å². The summed E-state index contributed by atoms with van der Waals surface area (Å²) in [5.74, 6) is 0.153. The number of hydrogen-bond acceptors (Lipinski definition) is 5. The summed E-state index contributed by atoms with van der Waals surface area (Å²) in [6, 6.07) is 6.44. The summed E-state index contributed by atoms with van der Waals surface area (Å²) in [7, 11) is 0. The largest absolute Gasteiger partial charge is 0.380 e. The van der Waals surface area contributed by atoms with Gasteiger partial charge in [-0.1, -0.05) is 32.4 Å². The van der Waals surface area contributed by atoms with Crippen LogP contribution in [-0.4, -0.2) is 52.6 Å². The standard InChI is InChI=1S/C24H29ClN4O4/c1-15-26-19(17-6-5-16(25)9-18(17)27-22(32)23(2,3)4)10-20(30)29(15)11-21(31)28-8-7-24(12-28)13-33-14-24/h5-6,9-10H,7-8,11-14H2,1-4H3,(H,27,32). The smallest absolute Gasteiger partial charge is 0.254 e. The normalized spacial score (nSPS) is 17.2. The number of ether oxygens (including phenoxy) is 1. The molecular formula is C24H29ClN4O4. The predicted octanol–water partition coefficient (Wildman–Crippen LogP) is 3.11. The number of carbonyl (C=O) groups excluding carboxylic acids is 2. The molecule has 1 aromatic carbocycles. The van der Waals surface area contributed by atoms with Gasteiger partial charge in [0.15, 0.2) is 0 Å². The molecule has 33 heavy (non-hydrogen) atoms. The van der Waals surface area contributed by atoms with Crippen LogP contribution in [0.3, 0.4) is 0 Å². The highest BCUT2D eigenvalue weighted by Crippen LogP contribution is 2.37. The van der Waals surface area contributed by atoms with Crippen molar-refractivity contribution in [3.63, 3.8) is 0 Å². The maximum absolute atomic E-state index is 13.0. The van der Waals surface area contributed by atoms with E-state index in [1.54, 1.807) is 25.1 Å². The molecule has 0 radical (unpaired) electrons. The molecular weight excluding hydrogens is 444 g/mol. The van der Waals surface area contributed by atoms with Crippen molar-refractivity contribution < 1.29 is 14.3 Å². The van der Waals surface area contributed by atoms with Gasteiger partial charge in [-0.25, -0.2) is 4.98 Å². The molecule has 2 amide bonds. The van der Waals surface area contributed by atoms with E-state index in [2.05, 4.69) is 10.3 Å². The van der Waals surface area contributed by atoms with Crippen molar-refractivity contribution in [3.05, 3.63) is 45.5 Å². The molecule has 1 N–H and O–H groups in total. The van der Waals surface area contributed by atoms with Crippen LogP contribution in [-0.2, 0) is 20.9 Å². The van der Waals surface area contributed by atoms with Crippen molar-refractivity contribution in [2.45, 2.75) is 40.7 Å². The van der Waals surface area contributed by atoms with Crippen molar-refractivity contribution in [2.24, 2.45) is 10.8 Å². The molecule has 3 heterocycles. The summed E-state index contributed by atoms with van der Waals surface area (Å²) in [5, 5.41) is 3.35. The quantitative estimate of drug-likeness (QED) is 0.738. The maximum atomic E-state index is 13.0. The first-order chi connectivity index (χ1) is 15.5. The highest BCUT2D eigenvalue weighted by atomic mass is 35.5. The summed E-state index contributed by atoms with van der Waals surface area (Å²) in [5.41, 5.74) is 0.644. The number of rotatable bonds is 4. The van der Waals surface area contributed by atoms with Gasteiger partial charge in [0, 0.05) is 40.6 Å². The van der Waals surface area contributed by atoms with Crippen LogP contribution in [0.4, 0.5) is 5.69 Å². The number of benzene rings is 1. The molecule has 2 fully saturated rings. The molecule has 176 valence electrons. The van der Waals surface area contributed by atoms with Crippen LogP contribution < -0.4 is 10.9 Å². The molecule has 9 heteroatoms. The van der Waals surface area contributed by atoms with Crippen molar-refractivity contribution in [1.82, 2.24) is 14.5 Å². The van der Waals surface area contributed by atoms with Crippen molar-refractivity contribution in [3.8, 4) is 11.3 Å². The van der Waals surface area contributed by atoms with E-state index < -0.39 is 5.41 Å². The van der Waals surface area contributed by atoms with Gasteiger partial charge in [-0.15, -0.1) is 0 Å². The van der Waals surface area contributed by atoms with Crippen molar-refractivity contribution in [1.29, 1.82) is 0 Å². The zero-order valence-corrected chi connectivity index (χ0v) is 20.2. The van der Waals surface area contributed by atoms with E-state index in [1.807, 2.05) is 25.7 Å². The summed E-state index contributed by atoms with van der Waals surface area (Å²) in [6.07, 6.45) is 0.934. The Morgan fingerprint density at radius 1 is 1.24 bits per heavy atom. The lowest BCUT2D eigenvalue weighted by Gasteiger charge is -2.37. The van der Waals surface area contributed by atoms with Gasteiger partial charge in [0.05, 0.1) is 24.6 Å². The van der Waals surface area contributed by atoms with E-state index >= 15 is 0 Å². The minimum absolute atomic E-state index is 0.0525. The highest BCUT2D eigenvalue weighted by molar-refractivity contribution is 6.31. The van der Waals surface area contributed by atoms with Gasteiger partial charge in [0.1, 0.15) is 12.4 Å². The van der Waals surface area contributed by atoms with Gasteiger partial charge in [-0.05, 0) is 31.5 Å². The minimum atomic E-state index is -0.605. The molecule has 0 saturated carbocycles. The number of nitrogens with zero attached hydrogens (tertiary/aromatic N) is 3. The summed E-state index contributed by atoms with van der Waals surface area (Å²) in [4.78, 5) is 44.7. The van der Waals surface area contributed by atoms with Crippen molar-refractivity contribution >= 4 is 29.1 Å². The molecule has 0 aliphatic carbocycles. The first-order valence-corrected chi connectivity index (χ1v) is 11.4. The Bertz CT molecular complexity index is 1160. The number of aromatic nitrogens is 2. The monoisotopic (exact) mass is 472 g/mol.